The molecule has 3 aliphatic carbocycles. The molecule has 0 radical (unpaired) electrons. The van der Waals surface area contributed by atoms with Crippen molar-refractivity contribution in [2.24, 2.45) is 0 Å². The molecule has 6 heterocycles. The second kappa shape index (κ2) is 20.6. The Morgan fingerprint density at radius 2 is 0.778 bits per heavy atom. The Labute approximate surface area is 321 Å². The van der Waals surface area contributed by atoms with Gasteiger partial charge in [-0.25, -0.2) is 0 Å². The lowest BCUT2D eigenvalue weighted by molar-refractivity contribution is 0.0488. The molecule has 54 heavy (non-hydrogen) atoms. The second-order valence-electron chi connectivity index (χ2n) is 14.5. The van der Waals surface area contributed by atoms with Gasteiger partial charge in [0.15, 0.2) is 0 Å². The molecule has 6 fully saturated rings. The minimum Gasteiger partial charge on any atom is -0.473 e. The average Bonchev–Trinajstić information content (AvgIpc) is 4.03. The highest BCUT2D eigenvalue weighted by molar-refractivity contribution is 7.93. The molecule has 0 aromatic carbocycles. The minimum atomic E-state index is 0.140. The van der Waals surface area contributed by atoms with Crippen molar-refractivity contribution in [1.82, 2.24) is 46.5 Å². The summed E-state index contributed by atoms with van der Waals surface area (Å²) in [5.74, 6) is 1.88. The van der Waals surface area contributed by atoms with E-state index in [-0.39, 0.29) is 30.3 Å². The lowest BCUT2D eigenvalue weighted by Gasteiger charge is -2.28. The van der Waals surface area contributed by atoms with Gasteiger partial charge in [0.2, 0.25) is 17.6 Å². The lowest BCUT2D eigenvalue weighted by Crippen LogP contribution is -2.42. The predicted octanol–water partition coefficient (Wildman–Crippen LogP) is 4.44. The molecule has 3 aromatic heterocycles. The fourth-order valence-electron chi connectivity index (χ4n) is 5.73. The van der Waals surface area contributed by atoms with Gasteiger partial charge in [0, 0.05) is 54.7 Å². The van der Waals surface area contributed by atoms with Crippen LogP contribution in [0.15, 0.2) is 36.4 Å². The molecular formula is C37H54FN9O6S. The molecule has 3 saturated carbocycles. The first-order chi connectivity index (χ1) is 26.3. The summed E-state index contributed by atoms with van der Waals surface area (Å²) in [6.07, 6.45) is 9.30. The third-order valence-corrected chi connectivity index (χ3v) is 8.90. The minimum absolute atomic E-state index is 0.140. The van der Waals surface area contributed by atoms with E-state index in [1.807, 2.05) is 36.4 Å². The maximum atomic E-state index is 10.2. The molecule has 3 aromatic rings. The maximum absolute atomic E-state index is 10.2. The van der Waals surface area contributed by atoms with Gasteiger partial charge in [0.05, 0.1) is 74.8 Å². The molecule has 0 spiro atoms. The number of nitrogens with one attached hydrogen (secondary N) is 3. The van der Waals surface area contributed by atoms with Gasteiger partial charge in [-0.3, -0.25) is 0 Å². The number of morpholine rings is 3. The highest BCUT2D eigenvalue weighted by Crippen LogP contribution is 2.28. The van der Waals surface area contributed by atoms with Gasteiger partial charge in [-0.2, -0.15) is 19.2 Å². The monoisotopic (exact) mass is 771 g/mol. The standard InChI is InChI=1S/3C12H17N3O2.CH3FS/c3*1-8-6-16-7-11(13-8)10-4-5-12(15-14-10)17-9-2-3-9;1-3-2/h3*4-5,8-9,11,13H,2-3,6-7H2,1H3;1H3/t2*8-,11-;;/m10../s1. The van der Waals surface area contributed by atoms with Crippen LogP contribution >= 0.6 is 12.1 Å². The summed E-state index contributed by atoms with van der Waals surface area (Å²) < 4.78 is 43.4. The van der Waals surface area contributed by atoms with E-state index in [1.165, 1.54) is 6.26 Å². The van der Waals surface area contributed by atoms with Crippen molar-refractivity contribution in [3.8, 4) is 17.6 Å². The van der Waals surface area contributed by atoms with Crippen LogP contribution in [-0.2, 0) is 14.2 Å². The highest BCUT2D eigenvalue weighted by atomic mass is 32.2. The topological polar surface area (TPSA) is 169 Å². The number of halogens is 1. The molecule has 17 heteroatoms. The molecule has 15 nitrogen and oxygen atoms in total. The summed E-state index contributed by atoms with van der Waals surface area (Å²) in [6, 6.07) is 13.1. The summed E-state index contributed by atoms with van der Waals surface area (Å²) in [7, 11) is 0. The van der Waals surface area contributed by atoms with Crippen molar-refractivity contribution in [2.75, 3.05) is 45.9 Å². The summed E-state index contributed by atoms with van der Waals surface area (Å²) in [5, 5.41) is 35.2. The first-order valence-electron chi connectivity index (χ1n) is 19.0. The van der Waals surface area contributed by atoms with Crippen molar-refractivity contribution in [3.63, 3.8) is 0 Å². The summed E-state index contributed by atoms with van der Waals surface area (Å²) in [4.78, 5) is 0. The van der Waals surface area contributed by atoms with Crippen LogP contribution in [0.5, 0.6) is 17.6 Å². The molecule has 9 rings (SSSR count). The molecule has 6 aliphatic rings. The number of rotatable bonds is 9. The van der Waals surface area contributed by atoms with E-state index in [0.717, 1.165) is 75.4 Å². The van der Waals surface area contributed by atoms with Crippen LogP contribution in [-0.4, -0.2) is 113 Å². The van der Waals surface area contributed by atoms with E-state index in [2.05, 4.69) is 67.3 Å². The molecule has 0 bridgehead atoms. The van der Waals surface area contributed by atoms with Crippen molar-refractivity contribution >= 4 is 12.1 Å². The molecule has 6 atom stereocenters. The maximum Gasteiger partial charge on any atom is 0.233 e. The Morgan fingerprint density at radius 3 is 0.981 bits per heavy atom. The fourth-order valence-corrected chi connectivity index (χ4v) is 5.73. The van der Waals surface area contributed by atoms with Crippen molar-refractivity contribution in [3.05, 3.63) is 53.5 Å². The van der Waals surface area contributed by atoms with E-state index in [9.17, 15) is 3.89 Å². The molecule has 296 valence electrons. The van der Waals surface area contributed by atoms with Crippen LogP contribution in [0.2, 0.25) is 0 Å². The Kier molecular flexibility index (Phi) is 15.4. The predicted molar refractivity (Wildman–Crippen MR) is 200 cm³/mol. The van der Waals surface area contributed by atoms with Crippen molar-refractivity contribution in [1.29, 1.82) is 0 Å². The number of aromatic nitrogens is 6. The lowest BCUT2D eigenvalue weighted by atomic mass is 10.1. The summed E-state index contributed by atoms with van der Waals surface area (Å²) in [5.41, 5.74) is 2.75. The molecule has 2 unspecified atom stereocenters. The number of hydrogen-bond donors (Lipinski definition) is 3. The van der Waals surface area contributed by atoms with E-state index >= 15 is 0 Å². The third kappa shape index (κ3) is 13.8. The largest absolute Gasteiger partial charge is 0.473 e. The quantitative estimate of drug-likeness (QED) is 0.279. The number of ether oxygens (including phenoxy) is 6. The van der Waals surface area contributed by atoms with Crippen LogP contribution in [0.4, 0.5) is 3.89 Å². The zero-order valence-corrected chi connectivity index (χ0v) is 32.4. The van der Waals surface area contributed by atoms with Crippen molar-refractivity contribution in [2.45, 2.75) is 114 Å². The first-order valence-corrected chi connectivity index (χ1v) is 20.1. The van der Waals surface area contributed by atoms with Gasteiger partial charge in [0.1, 0.15) is 18.3 Å². The highest BCUT2D eigenvalue weighted by Gasteiger charge is 2.28. The average molecular weight is 772 g/mol. The van der Waals surface area contributed by atoms with E-state index < -0.39 is 0 Å². The van der Waals surface area contributed by atoms with Crippen LogP contribution in [0.3, 0.4) is 0 Å². The Morgan fingerprint density at radius 1 is 0.500 bits per heavy atom. The Balaban J connectivity index is 0.000000133. The van der Waals surface area contributed by atoms with Gasteiger partial charge in [0.25, 0.3) is 0 Å². The summed E-state index contributed by atoms with van der Waals surface area (Å²) >= 11 is 0.250. The van der Waals surface area contributed by atoms with E-state index in [4.69, 9.17) is 28.4 Å². The van der Waals surface area contributed by atoms with Crippen LogP contribution < -0.4 is 30.2 Å². The first kappa shape index (κ1) is 40.3. The van der Waals surface area contributed by atoms with Crippen LogP contribution in [0.25, 0.3) is 0 Å². The number of nitrogens with zero attached hydrogens (tertiary/aromatic N) is 6. The van der Waals surface area contributed by atoms with E-state index in [1.54, 1.807) is 0 Å². The molecule has 3 saturated heterocycles. The molecular weight excluding hydrogens is 718 g/mol. The second-order valence-corrected chi connectivity index (χ2v) is 14.8. The van der Waals surface area contributed by atoms with Crippen LogP contribution in [0.1, 0.15) is 94.5 Å². The molecule has 0 amide bonds. The van der Waals surface area contributed by atoms with Gasteiger partial charge < -0.3 is 44.4 Å². The van der Waals surface area contributed by atoms with Gasteiger partial charge in [-0.15, -0.1) is 15.3 Å². The zero-order valence-electron chi connectivity index (χ0n) is 31.6. The van der Waals surface area contributed by atoms with Crippen LogP contribution in [0, 0.1) is 0 Å². The molecule has 3 N–H and O–H groups in total. The Hall–Kier alpha value is -3.32. The zero-order chi connectivity index (χ0) is 37.7. The van der Waals surface area contributed by atoms with Gasteiger partial charge in [-0.05, 0) is 77.5 Å². The smallest absolute Gasteiger partial charge is 0.233 e. The fraction of sp³-hybridized carbons (Fsp3) is 0.676. The number of hydrogen-bond acceptors (Lipinski definition) is 16. The van der Waals surface area contributed by atoms with Gasteiger partial charge in [-0.1, -0.05) is 0 Å². The SMILES string of the molecule is CC1COCC(c2ccc(OC3CC3)nn2)N1.CSF.C[C@@H]1COC[C@H](c2ccc(OC3CC3)nn2)N1.C[C@H]1COC[C@@H](c2ccc(OC3CC3)nn2)N1. The summed E-state index contributed by atoms with van der Waals surface area (Å²) in [6.45, 7) is 10.5. The molecule has 3 aliphatic heterocycles. The van der Waals surface area contributed by atoms with E-state index in [0.29, 0.717) is 73.9 Å². The normalized spacial score (nSPS) is 27.7. The Bertz CT molecular complexity index is 1340. The van der Waals surface area contributed by atoms with Crippen molar-refractivity contribution < 1.29 is 32.3 Å². The van der Waals surface area contributed by atoms with Gasteiger partial charge >= 0.3 is 0 Å². The third-order valence-electron chi connectivity index (χ3n) is 8.90.